The van der Waals surface area contributed by atoms with E-state index < -0.39 is 0 Å². The normalized spacial score (nSPS) is 29.4. The summed E-state index contributed by atoms with van der Waals surface area (Å²) in [6.45, 7) is 0. The van der Waals surface area contributed by atoms with E-state index in [0.29, 0.717) is 7.66 Å². The highest BCUT2D eigenvalue weighted by atomic mass is 127. The van der Waals surface area contributed by atoms with Crippen LogP contribution in [0, 0.1) is 0 Å². The Balaban J connectivity index is 2.61. The van der Waals surface area contributed by atoms with Crippen LogP contribution in [0.25, 0.3) is 0 Å². The Bertz CT molecular complexity index is 121. The molecule has 0 radical (unpaired) electrons. The van der Waals surface area contributed by atoms with E-state index in [1.54, 1.807) is 0 Å². The van der Waals surface area contributed by atoms with Crippen LogP contribution in [0.2, 0.25) is 0 Å². The summed E-state index contributed by atoms with van der Waals surface area (Å²) in [5.41, 5.74) is 0. The predicted octanol–water partition coefficient (Wildman–Crippen LogP) is 2.74. The Morgan fingerprint density at radius 1 is 1.71 bits per heavy atom. The Kier molecular flexibility index (Phi) is 2.63. The molecule has 7 heavy (non-hydrogen) atoms. The van der Waals surface area contributed by atoms with Crippen LogP contribution < -0.4 is 0 Å². The molecule has 1 atom stereocenters. The summed E-state index contributed by atoms with van der Waals surface area (Å²) in [5.74, 6) is 1.28. The first kappa shape index (κ1) is 6.54. The van der Waals surface area contributed by atoms with E-state index in [2.05, 4.69) is 55.2 Å². The number of allylic oxidation sites excluding steroid dienone is 1. The van der Waals surface area contributed by atoms with Gasteiger partial charge < -0.3 is 0 Å². The second-order valence-corrected chi connectivity index (χ2v) is 7.33. The van der Waals surface area contributed by atoms with E-state index in [4.69, 9.17) is 0 Å². The van der Waals surface area contributed by atoms with Crippen LogP contribution in [0.1, 0.15) is 0 Å². The van der Waals surface area contributed by atoms with E-state index in [0.717, 1.165) is 0 Å². The third-order valence-corrected chi connectivity index (χ3v) is 4.76. The maximum Gasteiger partial charge on any atom is 0.0285 e. The maximum atomic E-state index is 2.46. The highest BCUT2D eigenvalue weighted by molar-refractivity contribution is 14.2. The van der Waals surface area contributed by atoms with Gasteiger partial charge in [0.05, 0.1) is 0 Å². The van der Waals surface area contributed by atoms with Gasteiger partial charge in [0.1, 0.15) is 0 Å². The Labute approximate surface area is 71.4 Å². The minimum atomic E-state index is 0.542. The Morgan fingerprint density at radius 2 is 2.43 bits per heavy atom. The molecule has 1 aliphatic rings. The highest BCUT2D eigenvalue weighted by Gasteiger charge is 1.97. The van der Waals surface area contributed by atoms with Gasteiger partial charge in [-0.1, -0.05) is 0 Å². The van der Waals surface area contributed by atoms with Crippen LogP contribution >= 0.6 is 51.5 Å². The zero-order valence-electron chi connectivity index (χ0n) is 3.53. The molecule has 0 bridgehead atoms. The maximum absolute atomic E-state index is 2.46. The fourth-order valence-corrected chi connectivity index (χ4v) is 5.81. The summed E-state index contributed by atoms with van der Waals surface area (Å²) in [7, 11) is 0.542. The minimum absolute atomic E-state index is 0.542. The summed E-state index contributed by atoms with van der Waals surface area (Å²) < 4.78 is 1.50. The smallest absolute Gasteiger partial charge is 0.0285 e. The SMILES string of the molecule is IC1=CC=S(I)C1. The average Bonchev–Trinajstić information content (AvgIpc) is 1.87. The molecule has 0 aromatic carbocycles. The van der Waals surface area contributed by atoms with Crippen molar-refractivity contribution in [2.45, 2.75) is 0 Å². The van der Waals surface area contributed by atoms with Gasteiger partial charge in [-0.3, -0.25) is 0 Å². The first-order valence-corrected chi connectivity index (χ1v) is 6.92. The Morgan fingerprint density at radius 3 is 2.57 bits per heavy atom. The monoisotopic (exact) mass is 338 g/mol. The summed E-state index contributed by atoms with van der Waals surface area (Å²) in [5, 5.41) is 2.27. The molecule has 0 nitrogen and oxygen atoms in total. The van der Waals surface area contributed by atoms with Crippen molar-refractivity contribution in [2.24, 2.45) is 0 Å². The van der Waals surface area contributed by atoms with Gasteiger partial charge in [0.2, 0.25) is 0 Å². The molecular formula is C4H4I2S. The molecule has 3 heteroatoms. The first-order chi connectivity index (χ1) is 3.29. The molecule has 0 saturated carbocycles. The first-order valence-electron chi connectivity index (χ1n) is 1.84. The largest absolute Gasteiger partial charge is 0.118 e. The van der Waals surface area contributed by atoms with E-state index in [9.17, 15) is 0 Å². The van der Waals surface area contributed by atoms with Crippen LogP contribution in [-0.2, 0) is 0 Å². The highest BCUT2D eigenvalue weighted by Crippen LogP contribution is 2.32. The lowest BCUT2D eigenvalue weighted by atomic mass is 10.6. The van der Waals surface area contributed by atoms with E-state index in [1.807, 2.05) is 0 Å². The van der Waals surface area contributed by atoms with Gasteiger partial charge in [0.15, 0.2) is 0 Å². The summed E-state index contributed by atoms with van der Waals surface area (Å²) in [6, 6.07) is 0. The van der Waals surface area contributed by atoms with Crippen LogP contribution in [0.15, 0.2) is 9.66 Å². The van der Waals surface area contributed by atoms with Crippen molar-refractivity contribution in [3.63, 3.8) is 0 Å². The third-order valence-electron chi connectivity index (χ3n) is 0.672. The summed E-state index contributed by atoms with van der Waals surface area (Å²) in [6.07, 6.45) is 2.20. The summed E-state index contributed by atoms with van der Waals surface area (Å²) in [4.78, 5) is 0. The van der Waals surface area contributed by atoms with Crippen molar-refractivity contribution in [3.05, 3.63) is 9.66 Å². The Hall–Kier alpha value is 1.42. The van der Waals surface area contributed by atoms with E-state index >= 15 is 0 Å². The van der Waals surface area contributed by atoms with Gasteiger partial charge >= 0.3 is 0 Å². The van der Waals surface area contributed by atoms with Gasteiger partial charge in [0.25, 0.3) is 0 Å². The average molecular weight is 338 g/mol. The molecule has 1 rings (SSSR count). The van der Waals surface area contributed by atoms with E-state index in [1.165, 1.54) is 9.33 Å². The molecule has 0 aromatic rings. The van der Waals surface area contributed by atoms with Crippen LogP contribution in [0.5, 0.6) is 0 Å². The molecule has 0 amide bonds. The molecule has 0 spiro atoms. The molecule has 0 saturated heterocycles. The quantitative estimate of drug-likeness (QED) is 0.471. The molecule has 1 unspecified atom stereocenters. The second kappa shape index (κ2) is 2.82. The number of hydrogen-bond donors (Lipinski definition) is 0. The fourth-order valence-electron chi connectivity index (χ4n) is 0.376. The molecule has 1 aliphatic heterocycles. The van der Waals surface area contributed by atoms with Crippen molar-refractivity contribution >= 4 is 56.8 Å². The van der Waals surface area contributed by atoms with Crippen molar-refractivity contribution in [3.8, 4) is 0 Å². The van der Waals surface area contributed by atoms with Crippen molar-refractivity contribution < 1.29 is 0 Å². The van der Waals surface area contributed by atoms with Gasteiger partial charge in [-0.25, -0.2) is 0 Å². The van der Waals surface area contributed by atoms with Crippen LogP contribution in [-0.4, -0.2) is 11.1 Å². The van der Waals surface area contributed by atoms with Crippen LogP contribution in [0.4, 0.5) is 0 Å². The summed E-state index contributed by atoms with van der Waals surface area (Å²) >= 11 is 4.84. The number of rotatable bonds is 0. The lowest BCUT2D eigenvalue weighted by molar-refractivity contribution is 1.81. The number of halogens is 2. The predicted molar refractivity (Wildman–Crippen MR) is 54.6 cm³/mol. The lowest BCUT2D eigenvalue weighted by Gasteiger charge is -1.85. The van der Waals surface area contributed by atoms with Gasteiger partial charge in [-0.2, -0.15) is 0 Å². The topological polar surface area (TPSA) is 0 Å². The van der Waals surface area contributed by atoms with Crippen molar-refractivity contribution in [1.82, 2.24) is 0 Å². The van der Waals surface area contributed by atoms with Gasteiger partial charge in [-0.05, 0) is 55.2 Å². The minimum Gasteiger partial charge on any atom is -0.118 e. The van der Waals surface area contributed by atoms with Gasteiger partial charge in [0, 0.05) is 9.33 Å². The van der Waals surface area contributed by atoms with Crippen molar-refractivity contribution in [2.75, 3.05) is 5.75 Å². The number of hydrogen-bond acceptors (Lipinski definition) is 0. The molecule has 0 aliphatic carbocycles. The molecule has 0 N–H and O–H groups in total. The van der Waals surface area contributed by atoms with Crippen LogP contribution in [0.3, 0.4) is 0 Å². The standard InChI is InChI=1S/C4H4I2S/c5-4-1-2-7(6)3-4/h1-2H,3H2. The fraction of sp³-hybridized carbons (Fsp3) is 0.250. The van der Waals surface area contributed by atoms with Crippen molar-refractivity contribution in [1.29, 1.82) is 0 Å². The second-order valence-electron chi connectivity index (χ2n) is 1.26. The molecule has 0 fully saturated rings. The third kappa shape index (κ3) is 2.01. The van der Waals surface area contributed by atoms with Gasteiger partial charge in [-0.15, -0.1) is 7.66 Å². The molecule has 0 aromatic heterocycles. The lowest BCUT2D eigenvalue weighted by Crippen LogP contribution is -1.63. The zero-order chi connectivity index (χ0) is 5.28. The van der Waals surface area contributed by atoms with E-state index in [-0.39, 0.29) is 0 Å². The molecule has 1 heterocycles. The molecule has 40 valence electrons. The molecular weight excluding hydrogens is 334 g/mol. The zero-order valence-corrected chi connectivity index (χ0v) is 8.66.